The number of benzene rings is 1. The van der Waals surface area contributed by atoms with E-state index < -0.39 is 0 Å². The van der Waals surface area contributed by atoms with Crippen molar-refractivity contribution in [2.24, 2.45) is 0 Å². The Bertz CT molecular complexity index is 654. The highest BCUT2D eigenvalue weighted by Crippen LogP contribution is 2.32. The number of hydrogen-bond acceptors (Lipinski definition) is 5. The van der Waals surface area contributed by atoms with Gasteiger partial charge in [0.1, 0.15) is 6.54 Å². The van der Waals surface area contributed by atoms with E-state index in [0.29, 0.717) is 0 Å². The lowest BCUT2D eigenvalue weighted by molar-refractivity contribution is -0.138. The van der Waals surface area contributed by atoms with Crippen LogP contribution in [0.2, 0.25) is 0 Å². The first-order valence-corrected chi connectivity index (χ1v) is 7.30. The molecular formula is C16H20N4O2. The zero-order valence-electron chi connectivity index (χ0n) is 12.9. The van der Waals surface area contributed by atoms with E-state index in [9.17, 15) is 4.79 Å². The molecule has 0 fully saturated rings. The lowest BCUT2D eigenvalue weighted by Crippen LogP contribution is -2.26. The van der Waals surface area contributed by atoms with E-state index in [4.69, 9.17) is 4.74 Å². The highest BCUT2D eigenvalue weighted by atomic mass is 16.5. The van der Waals surface area contributed by atoms with Crippen molar-refractivity contribution >= 4 is 17.3 Å². The molecule has 0 atom stereocenters. The van der Waals surface area contributed by atoms with Crippen molar-refractivity contribution in [2.45, 2.75) is 13.0 Å². The van der Waals surface area contributed by atoms with E-state index in [1.54, 1.807) is 6.33 Å². The number of esters is 1. The molecular weight excluding hydrogens is 280 g/mol. The molecule has 116 valence electrons. The second kappa shape index (κ2) is 6.09. The van der Waals surface area contributed by atoms with Gasteiger partial charge in [0.15, 0.2) is 0 Å². The first-order valence-electron chi connectivity index (χ1n) is 7.30. The van der Waals surface area contributed by atoms with E-state index in [0.717, 1.165) is 30.9 Å². The maximum atomic E-state index is 11.4. The molecule has 22 heavy (non-hydrogen) atoms. The second-order valence-electron chi connectivity index (χ2n) is 5.49. The van der Waals surface area contributed by atoms with E-state index >= 15 is 0 Å². The summed E-state index contributed by atoms with van der Waals surface area (Å²) < 4.78 is 4.72. The highest BCUT2D eigenvalue weighted by Gasteiger charge is 2.21. The Kier molecular flexibility index (Phi) is 4.00. The van der Waals surface area contributed by atoms with Gasteiger partial charge in [0.05, 0.1) is 25.7 Å². The van der Waals surface area contributed by atoms with Crippen LogP contribution in [0.1, 0.15) is 11.3 Å². The SMILES string of the molecule is COC(=O)CN(C)c1ccc2c(c1)N(Cc1cnc[nH]1)CC2. The normalized spacial score (nSPS) is 13.1. The lowest BCUT2D eigenvalue weighted by Gasteiger charge is -2.22. The first kappa shape index (κ1) is 14.4. The monoisotopic (exact) mass is 300 g/mol. The second-order valence-corrected chi connectivity index (χ2v) is 5.49. The van der Waals surface area contributed by atoms with Crippen LogP contribution in [0.25, 0.3) is 0 Å². The number of hydrogen-bond donors (Lipinski definition) is 1. The standard InChI is InChI=1S/C16H20N4O2/c1-19(10-16(21)22-2)14-4-3-12-5-6-20(15(12)7-14)9-13-8-17-11-18-13/h3-4,7-8,11H,5-6,9-10H2,1-2H3,(H,17,18). The topological polar surface area (TPSA) is 61.5 Å². The Morgan fingerprint density at radius 1 is 1.50 bits per heavy atom. The number of likely N-dealkylation sites (N-methyl/N-ethyl adjacent to an activating group) is 1. The van der Waals surface area contributed by atoms with Crippen LogP contribution < -0.4 is 9.80 Å². The highest BCUT2D eigenvalue weighted by molar-refractivity contribution is 5.76. The number of aromatic amines is 1. The molecule has 0 unspecified atom stereocenters. The Morgan fingerprint density at radius 2 is 2.36 bits per heavy atom. The number of carbonyl (C=O) groups excluding carboxylic acids is 1. The summed E-state index contributed by atoms with van der Waals surface area (Å²) in [7, 11) is 3.30. The average Bonchev–Trinajstić information content (AvgIpc) is 3.17. The molecule has 2 aromatic rings. The van der Waals surface area contributed by atoms with Crippen LogP contribution in [0.5, 0.6) is 0 Å². The van der Waals surface area contributed by atoms with Gasteiger partial charge in [-0.25, -0.2) is 4.98 Å². The van der Waals surface area contributed by atoms with Crippen LogP contribution in [0.3, 0.4) is 0 Å². The van der Waals surface area contributed by atoms with Gasteiger partial charge in [-0.3, -0.25) is 4.79 Å². The minimum Gasteiger partial charge on any atom is -0.468 e. The van der Waals surface area contributed by atoms with E-state index in [1.807, 2.05) is 18.1 Å². The predicted octanol–water partition coefficient (Wildman–Crippen LogP) is 1.58. The smallest absolute Gasteiger partial charge is 0.325 e. The number of anilines is 2. The van der Waals surface area contributed by atoms with E-state index in [-0.39, 0.29) is 12.5 Å². The van der Waals surface area contributed by atoms with Gasteiger partial charge in [0.25, 0.3) is 0 Å². The number of methoxy groups -OCH3 is 1. The van der Waals surface area contributed by atoms with Crippen molar-refractivity contribution in [3.63, 3.8) is 0 Å². The quantitative estimate of drug-likeness (QED) is 0.850. The third-order valence-electron chi connectivity index (χ3n) is 4.01. The minimum absolute atomic E-state index is 0.239. The summed E-state index contributed by atoms with van der Waals surface area (Å²) in [6.45, 7) is 2.06. The fraction of sp³-hybridized carbons (Fsp3) is 0.375. The third-order valence-corrected chi connectivity index (χ3v) is 4.01. The van der Waals surface area contributed by atoms with Crippen LogP contribution in [0.4, 0.5) is 11.4 Å². The van der Waals surface area contributed by atoms with Crippen LogP contribution in [0, 0.1) is 0 Å². The number of nitrogens with zero attached hydrogens (tertiary/aromatic N) is 3. The first-order chi connectivity index (χ1) is 10.7. The van der Waals surface area contributed by atoms with Gasteiger partial charge in [-0.15, -0.1) is 0 Å². The zero-order valence-corrected chi connectivity index (χ0v) is 12.9. The molecule has 0 amide bonds. The molecule has 1 aromatic heterocycles. The largest absolute Gasteiger partial charge is 0.468 e. The molecule has 1 aliphatic heterocycles. The molecule has 6 heteroatoms. The molecule has 3 rings (SSSR count). The summed E-state index contributed by atoms with van der Waals surface area (Å²) in [6, 6.07) is 6.34. The van der Waals surface area contributed by atoms with Crippen LogP contribution >= 0.6 is 0 Å². The maximum Gasteiger partial charge on any atom is 0.325 e. The van der Waals surface area contributed by atoms with Crippen LogP contribution in [-0.2, 0) is 22.5 Å². The van der Waals surface area contributed by atoms with Crippen LogP contribution in [0.15, 0.2) is 30.7 Å². The van der Waals surface area contributed by atoms with Crippen molar-refractivity contribution in [1.29, 1.82) is 0 Å². The number of aromatic nitrogens is 2. The zero-order chi connectivity index (χ0) is 15.5. The summed E-state index contributed by atoms with van der Waals surface area (Å²) >= 11 is 0. The average molecular weight is 300 g/mol. The Morgan fingerprint density at radius 3 is 3.09 bits per heavy atom. The Hall–Kier alpha value is -2.50. The molecule has 0 spiro atoms. The molecule has 2 heterocycles. The number of carbonyl (C=O) groups is 1. The van der Waals surface area contributed by atoms with Gasteiger partial charge < -0.3 is 19.5 Å². The van der Waals surface area contributed by atoms with Crippen molar-refractivity contribution in [2.75, 3.05) is 37.0 Å². The van der Waals surface area contributed by atoms with Gasteiger partial charge in [0.2, 0.25) is 0 Å². The van der Waals surface area contributed by atoms with Gasteiger partial charge in [-0.05, 0) is 24.1 Å². The molecule has 0 saturated heterocycles. The maximum absolute atomic E-state index is 11.4. The number of ether oxygens (including phenoxy) is 1. The fourth-order valence-corrected chi connectivity index (χ4v) is 2.76. The van der Waals surface area contributed by atoms with Gasteiger partial charge in [0, 0.05) is 31.2 Å². The van der Waals surface area contributed by atoms with Gasteiger partial charge in [-0.1, -0.05) is 6.07 Å². The van der Waals surface area contributed by atoms with Crippen molar-refractivity contribution in [3.05, 3.63) is 42.0 Å². The number of imidazole rings is 1. The Balaban J connectivity index is 1.78. The molecule has 1 N–H and O–H groups in total. The fourth-order valence-electron chi connectivity index (χ4n) is 2.76. The molecule has 0 saturated carbocycles. The number of H-pyrrole nitrogens is 1. The summed E-state index contributed by atoms with van der Waals surface area (Å²) in [6.07, 6.45) is 4.60. The molecule has 0 radical (unpaired) electrons. The van der Waals surface area contributed by atoms with Crippen molar-refractivity contribution in [1.82, 2.24) is 9.97 Å². The summed E-state index contributed by atoms with van der Waals surface area (Å²) in [5.41, 5.74) is 4.68. The molecule has 6 nitrogen and oxygen atoms in total. The summed E-state index contributed by atoms with van der Waals surface area (Å²) in [4.78, 5) is 22.9. The van der Waals surface area contributed by atoms with Crippen LogP contribution in [-0.4, -0.2) is 43.2 Å². The van der Waals surface area contributed by atoms with Gasteiger partial charge >= 0.3 is 5.97 Å². The number of nitrogens with one attached hydrogen (secondary N) is 1. The number of fused-ring (bicyclic) bond motifs is 1. The van der Waals surface area contributed by atoms with Gasteiger partial charge in [-0.2, -0.15) is 0 Å². The molecule has 1 aliphatic rings. The lowest BCUT2D eigenvalue weighted by atomic mass is 10.1. The van der Waals surface area contributed by atoms with Crippen molar-refractivity contribution in [3.8, 4) is 0 Å². The number of rotatable bonds is 5. The Labute approximate surface area is 129 Å². The molecule has 1 aromatic carbocycles. The van der Waals surface area contributed by atoms with Crippen molar-refractivity contribution < 1.29 is 9.53 Å². The predicted molar refractivity (Wildman–Crippen MR) is 85.1 cm³/mol. The minimum atomic E-state index is -0.239. The molecule has 0 bridgehead atoms. The summed E-state index contributed by atoms with van der Waals surface area (Å²) in [5.74, 6) is -0.239. The molecule has 0 aliphatic carbocycles. The van der Waals surface area contributed by atoms with E-state index in [2.05, 4.69) is 33.1 Å². The summed E-state index contributed by atoms with van der Waals surface area (Å²) in [5, 5.41) is 0. The van der Waals surface area contributed by atoms with E-state index in [1.165, 1.54) is 18.4 Å². The third kappa shape index (κ3) is 2.90.